The summed E-state index contributed by atoms with van der Waals surface area (Å²) in [6.07, 6.45) is 3.26. The standard InChI is InChI=1S/C22H25N3O4S/c1-29-19-11-6-10-18(14-19)21-20(22(26)23-12-7-13-30(2,27)28)16-25(24-21)15-17-8-4-3-5-9-17/h3-6,8-11,14,16H,7,12-13,15H2,1-2H3,(H,23,26). The fourth-order valence-electron chi connectivity index (χ4n) is 3.05. The molecule has 0 bridgehead atoms. The average Bonchev–Trinajstić information content (AvgIpc) is 3.15. The highest BCUT2D eigenvalue weighted by atomic mass is 32.2. The van der Waals surface area contributed by atoms with Crippen LogP contribution in [0.5, 0.6) is 5.75 Å². The van der Waals surface area contributed by atoms with Crippen molar-refractivity contribution in [1.29, 1.82) is 0 Å². The molecule has 1 heterocycles. The topological polar surface area (TPSA) is 90.3 Å². The van der Waals surface area contributed by atoms with E-state index in [4.69, 9.17) is 4.74 Å². The van der Waals surface area contributed by atoms with Gasteiger partial charge in [-0.05, 0) is 24.1 Å². The van der Waals surface area contributed by atoms with Gasteiger partial charge < -0.3 is 10.1 Å². The zero-order valence-electron chi connectivity index (χ0n) is 17.0. The summed E-state index contributed by atoms with van der Waals surface area (Å²) in [7, 11) is -1.47. The summed E-state index contributed by atoms with van der Waals surface area (Å²) in [5, 5.41) is 7.44. The zero-order valence-corrected chi connectivity index (χ0v) is 17.9. The Labute approximate surface area is 176 Å². The number of methoxy groups -OCH3 is 1. The molecule has 0 aliphatic carbocycles. The highest BCUT2D eigenvalue weighted by Crippen LogP contribution is 2.26. The number of nitrogens with zero attached hydrogens (tertiary/aromatic N) is 2. The molecule has 158 valence electrons. The number of sulfone groups is 1. The lowest BCUT2D eigenvalue weighted by atomic mass is 10.1. The van der Waals surface area contributed by atoms with Crippen LogP contribution in [0, 0.1) is 0 Å². The number of hydrogen-bond acceptors (Lipinski definition) is 5. The molecule has 0 radical (unpaired) electrons. The lowest BCUT2D eigenvalue weighted by molar-refractivity contribution is 0.0954. The van der Waals surface area contributed by atoms with E-state index in [2.05, 4.69) is 10.4 Å². The van der Waals surface area contributed by atoms with Gasteiger partial charge in [0.25, 0.3) is 5.91 Å². The second-order valence-electron chi connectivity index (χ2n) is 7.05. The minimum atomic E-state index is -3.06. The van der Waals surface area contributed by atoms with E-state index in [1.807, 2.05) is 54.6 Å². The molecule has 8 heteroatoms. The van der Waals surface area contributed by atoms with E-state index in [0.29, 0.717) is 30.0 Å². The fraction of sp³-hybridized carbons (Fsp3) is 0.273. The first-order valence-corrected chi connectivity index (χ1v) is 11.6. The molecule has 0 aliphatic heterocycles. The van der Waals surface area contributed by atoms with Crippen LogP contribution in [0.2, 0.25) is 0 Å². The van der Waals surface area contributed by atoms with Crippen molar-refractivity contribution in [3.63, 3.8) is 0 Å². The molecule has 0 atom stereocenters. The predicted octanol–water partition coefficient (Wildman–Crippen LogP) is 2.77. The molecule has 0 saturated heterocycles. The first-order valence-electron chi connectivity index (χ1n) is 9.57. The van der Waals surface area contributed by atoms with Crippen molar-refractivity contribution < 1.29 is 17.9 Å². The quantitative estimate of drug-likeness (QED) is 0.531. The van der Waals surface area contributed by atoms with Crippen molar-refractivity contribution >= 4 is 15.7 Å². The second-order valence-corrected chi connectivity index (χ2v) is 9.31. The molecule has 0 spiro atoms. The first kappa shape index (κ1) is 21.6. The third-order valence-corrected chi connectivity index (χ3v) is 5.54. The summed E-state index contributed by atoms with van der Waals surface area (Å²) in [4.78, 5) is 12.8. The molecule has 0 unspecified atom stereocenters. The van der Waals surface area contributed by atoms with Crippen LogP contribution in [-0.2, 0) is 16.4 Å². The smallest absolute Gasteiger partial charge is 0.255 e. The van der Waals surface area contributed by atoms with Crippen LogP contribution in [0.3, 0.4) is 0 Å². The molecule has 0 fully saturated rings. The summed E-state index contributed by atoms with van der Waals surface area (Å²) < 4.78 is 29.6. The minimum Gasteiger partial charge on any atom is -0.497 e. The Morgan fingerprint density at radius 2 is 1.90 bits per heavy atom. The lowest BCUT2D eigenvalue weighted by Gasteiger charge is -2.06. The number of rotatable bonds is 9. The van der Waals surface area contributed by atoms with E-state index < -0.39 is 9.84 Å². The van der Waals surface area contributed by atoms with Crippen LogP contribution >= 0.6 is 0 Å². The molecule has 2 aromatic carbocycles. The van der Waals surface area contributed by atoms with Crippen LogP contribution in [0.15, 0.2) is 60.8 Å². The Bertz CT molecular complexity index is 1110. The molecule has 7 nitrogen and oxygen atoms in total. The molecular formula is C22H25N3O4S. The Kier molecular flexibility index (Phi) is 6.89. The molecule has 1 amide bonds. The van der Waals surface area contributed by atoms with Gasteiger partial charge in [0.2, 0.25) is 0 Å². The SMILES string of the molecule is COc1cccc(-c2nn(Cc3ccccc3)cc2C(=O)NCCCS(C)(=O)=O)c1. The van der Waals surface area contributed by atoms with Gasteiger partial charge in [0.05, 0.1) is 25.0 Å². The molecule has 1 N–H and O–H groups in total. The Morgan fingerprint density at radius 1 is 1.13 bits per heavy atom. The largest absolute Gasteiger partial charge is 0.497 e. The summed E-state index contributed by atoms with van der Waals surface area (Å²) in [5.41, 5.74) is 2.81. The fourth-order valence-corrected chi connectivity index (χ4v) is 3.72. The van der Waals surface area contributed by atoms with Gasteiger partial charge in [-0.1, -0.05) is 42.5 Å². The monoisotopic (exact) mass is 427 g/mol. The first-order chi connectivity index (χ1) is 14.4. The summed E-state index contributed by atoms with van der Waals surface area (Å²) in [5.74, 6) is 0.411. The molecule has 0 saturated carbocycles. The molecule has 3 rings (SSSR count). The number of amides is 1. The van der Waals surface area contributed by atoms with E-state index in [0.717, 1.165) is 11.1 Å². The lowest BCUT2D eigenvalue weighted by Crippen LogP contribution is -2.26. The van der Waals surface area contributed by atoms with Gasteiger partial charge in [-0.3, -0.25) is 9.48 Å². The molecule has 1 aromatic heterocycles. The molecule has 3 aromatic rings. The number of benzene rings is 2. The molecular weight excluding hydrogens is 402 g/mol. The maximum absolute atomic E-state index is 12.8. The molecule has 30 heavy (non-hydrogen) atoms. The zero-order chi connectivity index (χ0) is 21.6. The van der Waals surface area contributed by atoms with Crippen molar-refractivity contribution in [2.24, 2.45) is 0 Å². The number of carbonyl (C=O) groups is 1. The van der Waals surface area contributed by atoms with Crippen molar-refractivity contribution in [1.82, 2.24) is 15.1 Å². The summed E-state index contributed by atoms with van der Waals surface area (Å²) in [6.45, 7) is 0.798. The van der Waals surface area contributed by atoms with Gasteiger partial charge in [-0.2, -0.15) is 5.10 Å². The maximum atomic E-state index is 12.8. The highest BCUT2D eigenvalue weighted by Gasteiger charge is 2.18. The van der Waals surface area contributed by atoms with E-state index in [-0.39, 0.29) is 18.2 Å². The van der Waals surface area contributed by atoms with Crippen LogP contribution in [0.25, 0.3) is 11.3 Å². The number of carbonyl (C=O) groups excluding carboxylic acids is 1. The normalized spacial score (nSPS) is 11.3. The van der Waals surface area contributed by atoms with Gasteiger partial charge in [-0.25, -0.2) is 8.42 Å². The van der Waals surface area contributed by atoms with Crippen molar-refractivity contribution in [3.05, 3.63) is 71.9 Å². The highest BCUT2D eigenvalue weighted by molar-refractivity contribution is 7.90. The predicted molar refractivity (Wildman–Crippen MR) is 116 cm³/mol. The van der Waals surface area contributed by atoms with Gasteiger partial charge in [-0.15, -0.1) is 0 Å². The van der Waals surface area contributed by atoms with Gasteiger partial charge >= 0.3 is 0 Å². The van der Waals surface area contributed by atoms with Crippen molar-refractivity contribution in [2.75, 3.05) is 25.7 Å². The minimum absolute atomic E-state index is 0.0310. The van der Waals surface area contributed by atoms with Gasteiger partial charge in [0.1, 0.15) is 21.3 Å². The summed E-state index contributed by atoms with van der Waals surface area (Å²) >= 11 is 0. The number of ether oxygens (including phenoxy) is 1. The van der Waals surface area contributed by atoms with Crippen LogP contribution in [0.4, 0.5) is 0 Å². The van der Waals surface area contributed by atoms with Crippen LogP contribution in [0.1, 0.15) is 22.3 Å². The maximum Gasteiger partial charge on any atom is 0.255 e. The Balaban J connectivity index is 1.86. The Morgan fingerprint density at radius 3 is 2.60 bits per heavy atom. The van der Waals surface area contributed by atoms with Gasteiger partial charge in [0.15, 0.2) is 0 Å². The van der Waals surface area contributed by atoms with Crippen LogP contribution in [-0.4, -0.2) is 49.8 Å². The third-order valence-electron chi connectivity index (χ3n) is 4.51. The van der Waals surface area contributed by atoms with Crippen molar-refractivity contribution in [3.8, 4) is 17.0 Å². The molecule has 0 aliphatic rings. The second kappa shape index (κ2) is 9.58. The number of hydrogen-bond donors (Lipinski definition) is 1. The van der Waals surface area contributed by atoms with Crippen LogP contribution < -0.4 is 10.1 Å². The van der Waals surface area contributed by atoms with Gasteiger partial charge in [0, 0.05) is 24.6 Å². The average molecular weight is 428 g/mol. The van der Waals surface area contributed by atoms with E-state index in [1.54, 1.807) is 18.0 Å². The van der Waals surface area contributed by atoms with E-state index >= 15 is 0 Å². The van der Waals surface area contributed by atoms with E-state index in [9.17, 15) is 13.2 Å². The Hall–Kier alpha value is -3.13. The number of aromatic nitrogens is 2. The summed E-state index contributed by atoms with van der Waals surface area (Å²) in [6, 6.07) is 17.2. The number of nitrogens with one attached hydrogen (secondary N) is 1. The van der Waals surface area contributed by atoms with E-state index in [1.165, 1.54) is 6.26 Å². The third kappa shape index (κ3) is 5.93. The van der Waals surface area contributed by atoms with Crippen molar-refractivity contribution in [2.45, 2.75) is 13.0 Å².